The highest BCUT2D eigenvalue weighted by Crippen LogP contribution is 2.31. The van der Waals surface area contributed by atoms with E-state index in [9.17, 15) is 13.6 Å². The minimum atomic E-state index is -0.749. The molecule has 3 aromatic heterocycles. The van der Waals surface area contributed by atoms with Crippen LogP contribution in [0.1, 0.15) is 23.2 Å². The van der Waals surface area contributed by atoms with Crippen LogP contribution in [0.3, 0.4) is 0 Å². The van der Waals surface area contributed by atoms with Gasteiger partial charge in [0.1, 0.15) is 29.4 Å². The number of nitrogens with zero attached hydrogens (tertiary/aromatic N) is 5. The molecular weight excluding hydrogens is 430 g/mol. The van der Waals surface area contributed by atoms with Crippen LogP contribution in [0.4, 0.5) is 14.6 Å². The van der Waals surface area contributed by atoms with Gasteiger partial charge in [-0.15, -0.1) is 10.2 Å². The monoisotopic (exact) mass is 448 g/mol. The van der Waals surface area contributed by atoms with Gasteiger partial charge in [0.05, 0.1) is 12.2 Å². The van der Waals surface area contributed by atoms with E-state index in [4.69, 9.17) is 4.74 Å². The third kappa shape index (κ3) is 4.27. The van der Waals surface area contributed by atoms with Gasteiger partial charge in [-0.2, -0.15) is 4.39 Å². The average molecular weight is 448 g/mol. The highest BCUT2D eigenvalue weighted by molar-refractivity contribution is 6.06. The smallest absolute Gasteiger partial charge is 0.260 e. The zero-order valence-corrected chi connectivity index (χ0v) is 17.3. The van der Waals surface area contributed by atoms with Crippen LogP contribution in [0.25, 0.3) is 22.6 Å². The first-order chi connectivity index (χ1) is 16.1. The summed E-state index contributed by atoms with van der Waals surface area (Å²) in [6.07, 6.45) is 4.28. The van der Waals surface area contributed by atoms with Gasteiger partial charge in [-0.1, -0.05) is 6.07 Å². The number of aryl methyl sites for hydroxylation is 1. The first-order valence-corrected chi connectivity index (χ1v) is 10.3. The zero-order chi connectivity index (χ0) is 22.8. The number of halogens is 2. The van der Waals surface area contributed by atoms with E-state index in [-0.39, 0.29) is 34.9 Å². The van der Waals surface area contributed by atoms with Crippen molar-refractivity contribution in [2.24, 2.45) is 0 Å². The SMILES string of the molecule is O=C1Nc2cccc(n2)-c2nncn2CCCCOc2cc(F)c(-c3ccnc(F)c3)cc21. The fraction of sp³-hybridized carbons (Fsp3) is 0.174. The van der Waals surface area contributed by atoms with Crippen molar-refractivity contribution < 1.29 is 18.3 Å². The molecule has 10 heteroatoms. The van der Waals surface area contributed by atoms with E-state index in [1.54, 1.807) is 24.5 Å². The maximum Gasteiger partial charge on any atom is 0.260 e. The summed E-state index contributed by atoms with van der Waals surface area (Å²) >= 11 is 0. The van der Waals surface area contributed by atoms with Crippen LogP contribution in [0.2, 0.25) is 0 Å². The minimum absolute atomic E-state index is 0.0599. The number of benzene rings is 1. The van der Waals surface area contributed by atoms with Crippen LogP contribution >= 0.6 is 0 Å². The Morgan fingerprint density at radius 1 is 1.06 bits per heavy atom. The molecule has 1 aromatic carbocycles. The third-order valence-corrected chi connectivity index (χ3v) is 5.24. The summed E-state index contributed by atoms with van der Waals surface area (Å²) in [5, 5.41) is 10.8. The van der Waals surface area contributed by atoms with Crippen LogP contribution in [0.5, 0.6) is 5.75 Å². The Hall–Kier alpha value is -4.21. The number of fused-ring (bicyclic) bond motifs is 5. The summed E-state index contributed by atoms with van der Waals surface area (Å²) in [5.74, 6) is -0.945. The molecule has 1 aliphatic heterocycles. The molecule has 0 radical (unpaired) electrons. The molecule has 8 nitrogen and oxygen atoms in total. The fourth-order valence-electron chi connectivity index (χ4n) is 3.64. The van der Waals surface area contributed by atoms with Crippen LogP contribution in [-0.4, -0.2) is 37.2 Å². The predicted octanol–water partition coefficient (Wildman–Crippen LogP) is 4.11. The number of nitrogens with one attached hydrogen (secondary N) is 1. The quantitative estimate of drug-likeness (QED) is 0.441. The molecule has 0 fully saturated rings. The van der Waals surface area contributed by atoms with Gasteiger partial charge in [0.25, 0.3) is 5.91 Å². The van der Waals surface area contributed by atoms with Crippen LogP contribution in [0, 0.1) is 11.8 Å². The van der Waals surface area contributed by atoms with E-state index in [1.807, 2.05) is 4.57 Å². The number of ether oxygens (including phenoxy) is 1. The molecule has 5 rings (SSSR count). The highest BCUT2D eigenvalue weighted by Gasteiger charge is 2.20. The van der Waals surface area contributed by atoms with Crippen molar-refractivity contribution in [3.8, 4) is 28.4 Å². The van der Waals surface area contributed by atoms with Crippen molar-refractivity contribution in [1.29, 1.82) is 0 Å². The number of pyridine rings is 2. The Labute approximate surface area is 187 Å². The molecule has 166 valence electrons. The van der Waals surface area contributed by atoms with E-state index < -0.39 is 17.7 Å². The van der Waals surface area contributed by atoms with E-state index >= 15 is 0 Å². The van der Waals surface area contributed by atoms with Gasteiger partial charge >= 0.3 is 0 Å². The lowest BCUT2D eigenvalue weighted by Crippen LogP contribution is -2.16. The Morgan fingerprint density at radius 2 is 1.97 bits per heavy atom. The number of aromatic nitrogens is 5. The molecule has 1 aliphatic rings. The number of hydrogen-bond acceptors (Lipinski definition) is 6. The number of amides is 1. The number of carbonyl (C=O) groups is 1. The van der Waals surface area contributed by atoms with E-state index in [2.05, 4.69) is 25.5 Å². The van der Waals surface area contributed by atoms with E-state index in [0.717, 1.165) is 18.6 Å². The number of carbonyl (C=O) groups excluding carboxylic acids is 1. The molecular formula is C23H18F2N6O2. The zero-order valence-electron chi connectivity index (χ0n) is 17.3. The first kappa shape index (κ1) is 20.7. The maximum absolute atomic E-state index is 14.9. The molecule has 0 unspecified atom stereocenters. The van der Waals surface area contributed by atoms with Crippen LogP contribution < -0.4 is 10.1 Å². The first-order valence-electron chi connectivity index (χ1n) is 10.3. The molecule has 4 aromatic rings. The largest absolute Gasteiger partial charge is 0.493 e. The molecule has 0 saturated heterocycles. The van der Waals surface area contributed by atoms with Gasteiger partial charge in [-0.05, 0) is 42.7 Å². The Morgan fingerprint density at radius 3 is 2.85 bits per heavy atom. The van der Waals surface area contributed by atoms with Gasteiger partial charge in [0.15, 0.2) is 5.82 Å². The standard InChI is InChI=1S/C23H18F2N6O2/c24-17-12-19-16(11-15(17)14-6-7-26-20(25)10-14)23(32)29-21-5-3-4-18(28-21)22-30-27-13-31(22)8-1-2-9-33-19/h3-7,10-13H,1-2,8-9H2,(H,28,29,32). The second-order valence-electron chi connectivity index (χ2n) is 7.46. The Balaban J connectivity index is 1.57. The molecule has 1 amide bonds. The minimum Gasteiger partial charge on any atom is -0.493 e. The van der Waals surface area contributed by atoms with Gasteiger partial charge in [0.2, 0.25) is 5.95 Å². The molecule has 0 spiro atoms. The number of anilines is 1. The predicted molar refractivity (Wildman–Crippen MR) is 116 cm³/mol. The summed E-state index contributed by atoms with van der Waals surface area (Å²) in [4.78, 5) is 21.1. The normalized spacial score (nSPS) is 13.8. The molecule has 0 aliphatic carbocycles. The molecule has 2 bridgehead atoms. The van der Waals surface area contributed by atoms with Crippen molar-refractivity contribution in [3.05, 3.63) is 72.3 Å². The van der Waals surface area contributed by atoms with Crippen molar-refractivity contribution in [2.45, 2.75) is 19.4 Å². The fourth-order valence-corrected chi connectivity index (χ4v) is 3.64. The molecule has 4 heterocycles. The second-order valence-corrected chi connectivity index (χ2v) is 7.46. The lowest BCUT2D eigenvalue weighted by Gasteiger charge is -2.15. The average Bonchev–Trinajstić information content (AvgIpc) is 3.27. The topological polar surface area (TPSA) is 94.8 Å². The van der Waals surface area contributed by atoms with E-state index in [1.165, 1.54) is 18.3 Å². The van der Waals surface area contributed by atoms with E-state index in [0.29, 0.717) is 24.5 Å². The van der Waals surface area contributed by atoms with Crippen LogP contribution in [0.15, 0.2) is 55.0 Å². The van der Waals surface area contributed by atoms with Crippen molar-refractivity contribution in [2.75, 3.05) is 11.9 Å². The summed E-state index contributed by atoms with van der Waals surface area (Å²) in [7, 11) is 0. The van der Waals surface area contributed by atoms with Crippen molar-refractivity contribution >= 4 is 11.7 Å². The summed E-state index contributed by atoms with van der Waals surface area (Å²) in [5.41, 5.74) is 0.987. The molecule has 0 saturated carbocycles. The number of hydrogen-bond donors (Lipinski definition) is 1. The summed E-state index contributed by atoms with van der Waals surface area (Å²) in [6.45, 7) is 0.932. The summed E-state index contributed by atoms with van der Waals surface area (Å²) in [6, 6.07) is 10.2. The van der Waals surface area contributed by atoms with Gasteiger partial charge in [-0.3, -0.25) is 4.79 Å². The Kier molecular flexibility index (Phi) is 5.47. The van der Waals surface area contributed by atoms with Crippen molar-refractivity contribution in [3.63, 3.8) is 0 Å². The molecule has 0 atom stereocenters. The highest BCUT2D eigenvalue weighted by atomic mass is 19.1. The molecule has 33 heavy (non-hydrogen) atoms. The summed E-state index contributed by atoms with van der Waals surface area (Å²) < 4.78 is 36.2. The maximum atomic E-state index is 14.9. The van der Waals surface area contributed by atoms with Gasteiger partial charge in [-0.25, -0.2) is 14.4 Å². The van der Waals surface area contributed by atoms with Crippen LogP contribution in [-0.2, 0) is 6.54 Å². The lowest BCUT2D eigenvalue weighted by atomic mass is 10.0. The van der Waals surface area contributed by atoms with Crippen molar-refractivity contribution in [1.82, 2.24) is 24.7 Å². The molecule has 1 N–H and O–H groups in total. The van der Waals surface area contributed by atoms with Gasteiger partial charge in [0, 0.05) is 30.4 Å². The third-order valence-electron chi connectivity index (χ3n) is 5.24. The Bertz CT molecular complexity index is 1340. The van der Waals surface area contributed by atoms with Gasteiger partial charge < -0.3 is 14.6 Å². The number of rotatable bonds is 1. The second kappa shape index (κ2) is 8.73. The lowest BCUT2D eigenvalue weighted by molar-refractivity contribution is 0.102.